The number of aliphatic carboxylic acids is 1. The highest BCUT2D eigenvalue weighted by Crippen LogP contribution is 2.41. The monoisotopic (exact) mass is 422 g/mol. The molecule has 0 saturated heterocycles. The van der Waals surface area contributed by atoms with Crippen molar-refractivity contribution >= 4 is 17.9 Å². The summed E-state index contributed by atoms with van der Waals surface area (Å²) in [5, 5.41) is 9.15. The van der Waals surface area contributed by atoms with Gasteiger partial charge in [0.15, 0.2) is 0 Å². The van der Waals surface area contributed by atoms with Gasteiger partial charge in [-0.1, -0.05) is 13.5 Å². The molecule has 0 aromatic rings. The van der Waals surface area contributed by atoms with Gasteiger partial charge in [-0.3, -0.25) is 9.59 Å². The molecule has 6 nitrogen and oxygen atoms in total. The number of hydrogen-bond acceptors (Lipinski definition) is 5. The maximum atomic E-state index is 12.4. The molecule has 2 rings (SSSR count). The van der Waals surface area contributed by atoms with Gasteiger partial charge < -0.3 is 14.6 Å². The Kier molecular flexibility index (Phi) is 9.86. The number of carboxylic acid groups (broad SMARTS) is 1. The molecule has 2 saturated carbocycles. The molecule has 1 N–H and O–H groups in total. The van der Waals surface area contributed by atoms with E-state index < -0.39 is 5.97 Å². The number of esters is 2. The number of rotatable bonds is 10. The average molecular weight is 423 g/mol. The second-order valence-corrected chi connectivity index (χ2v) is 9.33. The molecule has 0 heterocycles. The van der Waals surface area contributed by atoms with Gasteiger partial charge >= 0.3 is 17.9 Å². The van der Waals surface area contributed by atoms with Gasteiger partial charge in [0.2, 0.25) is 0 Å². The predicted octanol–water partition coefficient (Wildman–Crippen LogP) is 4.76. The van der Waals surface area contributed by atoms with Crippen LogP contribution in [0.2, 0.25) is 0 Å². The standard InChI is InChI=1S/C24H38O6/c1-16(2)23(27)29-14-12-17(3)13-15-30-24(28)21-10-6-19(7-11-21)18-4-8-20(9-5-18)22(25)26/h17-21H,1,4-15H2,2-3H3,(H,25,26). The molecular formula is C24H38O6. The summed E-state index contributed by atoms with van der Waals surface area (Å²) in [6.07, 6.45) is 8.99. The highest BCUT2D eigenvalue weighted by molar-refractivity contribution is 5.86. The van der Waals surface area contributed by atoms with E-state index in [2.05, 4.69) is 13.5 Å². The van der Waals surface area contributed by atoms with Crippen LogP contribution in [-0.2, 0) is 23.9 Å². The Hall–Kier alpha value is -1.85. The first kappa shape index (κ1) is 24.4. The third-order valence-electron chi connectivity index (χ3n) is 6.94. The zero-order valence-electron chi connectivity index (χ0n) is 18.6. The molecule has 2 aliphatic rings. The number of carboxylic acids is 1. The van der Waals surface area contributed by atoms with Crippen molar-refractivity contribution in [3.05, 3.63) is 12.2 Å². The first-order valence-corrected chi connectivity index (χ1v) is 11.5. The molecule has 0 aromatic carbocycles. The number of hydrogen-bond donors (Lipinski definition) is 1. The van der Waals surface area contributed by atoms with Crippen LogP contribution in [0.4, 0.5) is 0 Å². The molecule has 0 radical (unpaired) electrons. The predicted molar refractivity (Wildman–Crippen MR) is 114 cm³/mol. The molecule has 2 fully saturated rings. The van der Waals surface area contributed by atoms with Crippen LogP contribution in [0.15, 0.2) is 12.2 Å². The Bertz CT molecular complexity index is 597. The van der Waals surface area contributed by atoms with Gasteiger partial charge in [0.25, 0.3) is 0 Å². The van der Waals surface area contributed by atoms with Gasteiger partial charge in [0, 0.05) is 5.57 Å². The fraction of sp³-hybridized carbons (Fsp3) is 0.792. The maximum absolute atomic E-state index is 12.4. The summed E-state index contributed by atoms with van der Waals surface area (Å²) in [6, 6.07) is 0. The minimum Gasteiger partial charge on any atom is -0.481 e. The van der Waals surface area contributed by atoms with E-state index in [1.165, 1.54) is 0 Å². The van der Waals surface area contributed by atoms with Crippen molar-refractivity contribution in [1.29, 1.82) is 0 Å². The van der Waals surface area contributed by atoms with E-state index in [9.17, 15) is 14.4 Å². The van der Waals surface area contributed by atoms with Crippen molar-refractivity contribution in [2.45, 2.75) is 78.1 Å². The number of ether oxygens (including phenoxy) is 2. The fourth-order valence-corrected chi connectivity index (χ4v) is 4.76. The molecule has 0 bridgehead atoms. The highest BCUT2D eigenvalue weighted by Gasteiger charge is 2.34. The van der Waals surface area contributed by atoms with Crippen LogP contribution in [0.25, 0.3) is 0 Å². The lowest BCUT2D eigenvalue weighted by molar-refractivity contribution is -0.151. The lowest BCUT2D eigenvalue weighted by Gasteiger charge is -2.36. The average Bonchev–Trinajstić information content (AvgIpc) is 2.73. The van der Waals surface area contributed by atoms with Crippen molar-refractivity contribution in [3.8, 4) is 0 Å². The van der Waals surface area contributed by atoms with E-state index >= 15 is 0 Å². The van der Waals surface area contributed by atoms with Crippen LogP contribution < -0.4 is 0 Å². The van der Waals surface area contributed by atoms with Crippen molar-refractivity contribution in [2.75, 3.05) is 13.2 Å². The summed E-state index contributed by atoms with van der Waals surface area (Å²) in [5.74, 6) is 0.317. The fourth-order valence-electron chi connectivity index (χ4n) is 4.76. The molecule has 6 heteroatoms. The van der Waals surface area contributed by atoms with E-state index in [-0.39, 0.29) is 23.8 Å². The van der Waals surface area contributed by atoms with Crippen LogP contribution in [0.3, 0.4) is 0 Å². The topological polar surface area (TPSA) is 89.9 Å². The molecule has 30 heavy (non-hydrogen) atoms. The van der Waals surface area contributed by atoms with Gasteiger partial charge in [-0.25, -0.2) is 4.79 Å². The minimum absolute atomic E-state index is 0.00318. The lowest BCUT2D eigenvalue weighted by Crippen LogP contribution is -2.30. The zero-order valence-corrected chi connectivity index (χ0v) is 18.6. The highest BCUT2D eigenvalue weighted by atomic mass is 16.5. The second-order valence-electron chi connectivity index (χ2n) is 9.33. The molecule has 0 spiro atoms. The maximum Gasteiger partial charge on any atom is 0.333 e. The Morgan fingerprint density at radius 2 is 1.33 bits per heavy atom. The summed E-state index contributed by atoms with van der Waals surface area (Å²) in [5.41, 5.74) is 0.402. The first-order chi connectivity index (χ1) is 14.3. The minimum atomic E-state index is -0.651. The normalized spacial score (nSPS) is 27.7. The Labute approximate surface area is 180 Å². The summed E-state index contributed by atoms with van der Waals surface area (Å²) in [4.78, 5) is 34.9. The molecule has 0 aromatic heterocycles. The molecule has 0 aliphatic heterocycles. The van der Waals surface area contributed by atoms with E-state index in [4.69, 9.17) is 14.6 Å². The van der Waals surface area contributed by atoms with E-state index in [1.807, 2.05) is 0 Å². The van der Waals surface area contributed by atoms with Crippen molar-refractivity contribution in [2.24, 2.45) is 29.6 Å². The smallest absolute Gasteiger partial charge is 0.333 e. The van der Waals surface area contributed by atoms with Gasteiger partial charge in [-0.15, -0.1) is 0 Å². The van der Waals surface area contributed by atoms with Crippen molar-refractivity contribution in [3.63, 3.8) is 0 Å². The SMILES string of the molecule is C=C(C)C(=O)OCCC(C)CCOC(=O)C1CCC(C2CCC(C(=O)O)CC2)CC1. The molecule has 0 amide bonds. The molecule has 1 atom stereocenters. The Balaban J connectivity index is 1.58. The lowest BCUT2D eigenvalue weighted by atomic mass is 9.69. The largest absolute Gasteiger partial charge is 0.481 e. The van der Waals surface area contributed by atoms with E-state index in [0.29, 0.717) is 36.5 Å². The van der Waals surface area contributed by atoms with Crippen LogP contribution in [0.5, 0.6) is 0 Å². The van der Waals surface area contributed by atoms with Crippen LogP contribution in [-0.4, -0.2) is 36.2 Å². The van der Waals surface area contributed by atoms with E-state index in [1.54, 1.807) is 6.92 Å². The Morgan fingerprint density at radius 3 is 1.80 bits per heavy atom. The van der Waals surface area contributed by atoms with Crippen LogP contribution >= 0.6 is 0 Å². The summed E-state index contributed by atoms with van der Waals surface area (Å²) in [7, 11) is 0. The van der Waals surface area contributed by atoms with Crippen LogP contribution in [0, 0.1) is 29.6 Å². The number of carbonyl (C=O) groups is 3. The summed E-state index contributed by atoms with van der Waals surface area (Å²) >= 11 is 0. The summed E-state index contributed by atoms with van der Waals surface area (Å²) in [6.45, 7) is 8.01. The Morgan fingerprint density at radius 1 is 0.867 bits per heavy atom. The van der Waals surface area contributed by atoms with Crippen molar-refractivity contribution in [1.82, 2.24) is 0 Å². The molecular weight excluding hydrogens is 384 g/mol. The van der Waals surface area contributed by atoms with Gasteiger partial charge in [-0.2, -0.15) is 0 Å². The van der Waals surface area contributed by atoms with Crippen LogP contribution in [0.1, 0.15) is 78.1 Å². The van der Waals surface area contributed by atoms with Gasteiger partial charge in [0.1, 0.15) is 0 Å². The summed E-state index contributed by atoms with van der Waals surface area (Å²) < 4.78 is 10.6. The molecule has 2 aliphatic carbocycles. The third kappa shape index (κ3) is 7.77. The zero-order chi connectivity index (χ0) is 22.1. The number of carbonyl (C=O) groups excluding carboxylic acids is 2. The third-order valence-corrected chi connectivity index (χ3v) is 6.94. The molecule has 1 unspecified atom stereocenters. The van der Waals surface area contributed by atoms with E-state index in [0.717, 1.165) is 64.2 Å². The van der Waals surface area contributed by atoms with Gasteiger partial charge in [0.05, 0.1) is 25.0 Å². The molecule has 170 valence electrons. The quantitative estimate of drug-likeness (QED) is 0.403. The van der Waals surface area contributed by atoms with Gasteiger partial charge in [-0.05, 0) is 88.9 Å². The first-order valence-electron chi connectivity index (χ1n) is 11.5. The van der Waals surface area contributed by atoms with Crippen molar-refractivity contribution < 1.29 is 29.0 Å². The second kappa shape index (κ2) is 12.1.